The number of hydrogen-bond acceptors (Lipinski definition) is 2. The van der Waals surface area contributed by atoms with Crippen LogP contribution in [0.4, 0.5) is 0 Å². The van der Waals surface area contributed by atoms with E-state index in [-0.39, 0.29) is 12.5 Å². The number of likely N-dealkylation sites (tertiary alicyclic amines) is 1. The summed E-state index contributed by atoms with van der Waals surface area (Å²) in [5, 5.41) is 8.59. The van der Waals surface area contributed by atoms with Crippen molar-refractivity contribution in [3.8, 4) is 0 Å². The van der Waals surface area contributed by atoms with Crippen molar-refractivity contribution in [3.05, 3.63) is 12.7 Å². The van der Waals surface area contributed by atoms with Gasteiger partial charge in [-0.1, -0.05) is 6.58 Å². The van der Waals surface area contributed by atoms with Crippen molar-refractivity contribution < 1.29 is 9.90 Å². The molecule has 0 aromatic heterocycles. The first-order chi connectivity index (χ1) is 4.77. The van der Waals surface area contributed by atoms with Gasteiger partial charge in [-0.15, -0.1) is 0 Å². The summed E-state index contributed by atoms with van der Waals surface area (Å²) in [6.07, 6.45) is 1.30. The number of aliphatic hydroxyl groups excluding tert-OH is 1. The molecule has 56 valence electrons. The Morgan fingerprint density at radius 2 is 2.40 bits per heavy atom. The molecule has 1 N–H and O–H groups in total. The van der Waals surface area contributed by atoms with Gasteiger partial charge in [-0.05, 0) is 6.08 Å². The maximum atomic E-state index is 10.8. The Balaban J connectivity index is 2.25. The fraction of sp³-hybridized carbons (Fsp3) is 0.571. The van der Waals surface area contributed by atoms with Gasteiger partial charge in [-0.25, -0.2) is 0 Å². The van der Waals surface area contributed by atoms with Crippen LogP contribution in [0.3, 0.4) is 0 Å². The van der Waals surface area contributed by atoms with E-state index in [4.69, 9.17) is 5.11 Å². The maximum Gasteiger partial charge on any atom is 0.245 e. The van der Waals surface area contributed by atoms with E-state index in [2.05, 4.69) is 6.58 Å². The molecule has 0 aromatic carbocycles. The number of nitrogens with zero attached hydrogens (tertiary/aromatic N) is 1. The van der Waals surface area contributed by atoms with Crippen LogP contribution in [0.15, 0.2) is 12.7 Å². The first kappa shape index (κ1) is 7.28. The molecule has 1 heterocycles. The first-order valence-corrected chi connectivity index (χ1v) is 3.30. The lowest BCUT2D eigenvalue weighted by Gasteiger charge is -2.37. The minimum absolute atomic E-state index is 0.0373. The molecule has 0 radical (unpaired) electrons. The zero-order valence-electron chi connectivity index (χ0n) is 5.79. The van der Waals surface area contributed by atoms with Gasteiger partial charge in [0.25, 0.3) is 0 Å². The molecule has 10 heavy (non-hydrogen) atoms. The third kappa shape index (κ3) is 1.19. The zero-order chi connectivity index (χ0) is 7.56. The smallest absolute Gasteiger partial charge is 0.245 e. The summed E-state index contributed by atoms with van der Waals surface area (Å²) in [4.78, 5) is 12.4. The van der Waals surface area contributed by atoms with Crippen LogP contribution in [0.2, 0.25) is 0 Å². The molecular weight excluding hydrogens is 130 g/mol. The topological polar surface area (TPSA) is 40.5 Å². The van der Waals surface area contributed by atoms with E-state index in [0.29, 0.717) is 19.0 Å². The number of carbonyl (C=O) groups excluding carboxylic acids is 1. The van der Waals surface area contributed by atoms with Crippen LogP contribution in [0.1, 0.15) is 0 Å². The van der Waals surface area contributed by atoms with Crippen LogP contribution in [0.5, 0.6) is 0 Å². The quantitative estimate of drug-likeness (QED) is 0.533. The summed E-state index contributed by atoms with van der Waals surface area (Å²) in [5.74, 6) is 0.258. The summed E-state index contributed by atoms with van der Waals surface area (Å²) in [6, 6.07) is 0. The molecule has 0 atom stereocenters. The summed E-state index contributed by atoms with van der Waals surface area (Å²) >= 11 is 0. The molecule has 3 heteroatoms. The van der Waals surface area contributed by atoms with E-state index in [1.807, 2.05) is 0 Å². The fourth-order valence-corrected chi connectivity index (χ4v) is 0.994. The van der Waals surface area contributed by atoms with Crippen molar-refractivity contribution in [2.24, 2.45) is 5.92 Å². The largest absolute Gasteiger partial charge is 0.396 e. The number of aliphatic hydroxyl groups is 1. The molecule has 0 unspecified atom stereocenters. The standard InChI is InChI=1S/C7H11NO2/c1-2-7(10)8-3-6(4-8)5-9/h2,6,9H,1,3-5H2. The highest BCUT2D eigenvalue weighted by Crippen LogP contribution is 2.14. The lowest BCUT2D eigenvalue weighted by Crippen LogP contribution is -2.50. The van der Waals surface area contributed by atoms with Crippen LogP contribution in [0.25, 0.3) is 0 Å². The monoisotopic (exact) mass is 141 g/mol. The highest BCUT2D eigenvalue weighted by Gasteiger charge is 2.27. The number of hydrogen-bond donors (Lipinski definition) is 1. The summed E-state index contributed by atoms with van der Waals surface area (Å²) in [6.45, 7) is 4.91. The average Bonchev–Trinajstić information content (AvgIpc) is 1.85. The molecule has 1 saturated heterocycles. The Bertz CT molecular complexity index is 150. The zero-order valence-corrected chi connectivity index (χ0v) is 5.79. The maximum absolute atomic E-state index is 10.8. The van der Waals surface area contributed by atoms with Crippen molar-refractivity contribution in [2.75, 3.05) is 19.7 Å². The van der Waals surface area contributed by atoms with Crippen molar-refractivity contribution in [2.45, 2.75) is 0 Å². The van der Waals surface area contributed by atoms with Crippen molar-refractivity contribution >= 4 is 5.91 Å². The van der Waals surface area contributed by atoms with Crippen LogP contribution >= 0.6 is 0 Å². The predicted molar refractivity (Wildman–Crippen MR) is 37.4 cm³/mol. The molecule has 1 aliphatic rings. The van der Waals surface area contributed by atoms with Gasteiger partial charge in [0.05, 0.1) is 0 Å². The Hall–Kier alpha value is -0.830. The van der Waals surface area contributed by atoms with Gasteiger partial charge in [0.15, 0.2) is 0 Å². The Morgan fingerprint density at radius 3 is 2.80 bits per heavy atom. The third-order valence-electron chi connectivity index (χ3n) is 1.70. The van der Waals surface area contributed by atoms with Gasteiger partial charge in [-0.2, -0.15) is 0 Å². The SMILES string of the molecule is C=CC(=O)N1CC(CO)C1. The molecule has 1 aliphatic heterocycles. The Kier molecular flexibility index (Phi) is 2.06. The van der Waals surface area contributed by atoms with Crippen LogP contribution in [0, 0.1) is 5.92 Å². The Morgan fingerprint density at radius 1 is 1.80 bits per heavy atom. The summed E-state index contributed by atoms with van der Waals surface area (Å²) < 4.78 is 0. The van der Waals surface area contributed by atoms with E-state index in [9.17, 15) is 4.79 Å². The third-order valence-corrected chi connectivity index (χ3v) is 1.70. The second-order valence-corrected chi connectivity index (χ2v) is 2.50. The number of rotatable bonds is 2. The highest BCUT2D eigenvalue weighted by molar-refractivity contribution is 5.87. The fourth-order valence-electron chi connectivity index (χ4n) is 0.994. The molecule has 0 aliphatic carbocycles. The van der Waals surface area contributed by atoms with Crippen LogP contribution in [-0.4, -0.2) is 35.6 Å². The molecule has 0 spiro atoms. The van der Waals surface area contributed by atoms with E-state index >= 15 is 0 Å². The first-order valence-electron chi connectivity index (χ1n) is 3.30. The van der Waals surface area contributed by atoms with Crippen LogP contribution in [-0.2, 0) is 4.79 Å². The van der Waals surface area contributed by atoms with Crippen LogP contribution < -0.4 is 0 Å². The normalized spacial score (nSPS) is 18.3. The minimum atomic E-state index is -0.0373. The molecule has 1 rings (SSSR count). The minimum Gasteiger partial charge on any atom is -0.396 e. The highest BCUT2D eigenvalue weighted by atomic mass is 16.3. The lowest BCUT2D eigenvalue weighted by atomic mass is 10.0. The molecule has 0 aromatic rings. The molecular formula is C7H11NO2. The number of carbonyl (C=O) groups is 1. The Labute approximate surface area is 59.9 Å². The summed E-state index contributed by atoms with van der Waals surface area (Å²) in [7, 11) is 0. The lowest BCUT2D eigenvalue weighted by molar-refractivity contribution is -0.132. The predicted octanol–water partition coefficient (Wildman–Crippen LogP) is -0.377. The van der Waals surface area contributed by atoms with Gasteiger partial charge in [0.2, 0.25) is 5.91 Å². The van der Waals surface area contributed by atoms with E-state index in [1.165, 1.54) is 6.08 Å². The van der Waals surface area contributed by atoms with E-state index in [1.54, 1.807) is 4.90 Å². The van der Waals surface area contributed by atoms with E-state index in [0.717, 1.165) is 0 Å². The second kappa shape index (κ2) is 2.84. The average molecular weight is 141 g/mol. The van der Waals surface area contributed by atoms with Crippen molar-refractivity contribution in [1.29, 1.82) is 0 Å². The van der Waals surface area contributed by atoms with Crippen molar-refractivity contribution in [3.63, 3.8) is 0 Å². The van der Waals surface area contributed by atoms with Gasteiger partial charge < -0.3 is 10.0 Å². The van der Waals surface area contributed by atoms with E-state index < -0.39 is 0 Å². The van der Waals surface area contributed by atoms with Gasteiger partial charge in [-0.3, -0.25) is 4.79 Å². The second-order valence-electron chi connectivity index (χ2n) is 2.50. The number of amides is 1. The molecule has 0 saturated carbocycles. The molecule has 1 amide bonds. The van der Waals surface area contributed by atoms with Gasteiger partial charge in [0.1, 0.15) is 0 Å². The van der Waals surface area contributed by atoms with Gasteiger partial charge >= 0.3 is 0 Å². The summed E-state index contributed by atoms with van der Waals surface area (Å²) in [5.41, 5.74) is 0. The molecule has 0 bridgehead atoms. The molecule has 3 nitrogen and oxygen atoms in total. The molecule has 1 fully saturated rings. The van der Waals surface area contributed by atoms with Gasteiger partial charge in [0, 0.05) is 25.6 Å². The van der Waals surface area contributed by atoms with Crippen molar-refractivity contribution in [1.82, 2.24) is 4.90 Å².